The quantitative estimate of drug-likeness (QED) is 0.680. The summed E-state index contributed by atoms with van der Waals surface area (Å²) in [5, 5.41) is 10.5. The number of hydrogen-bond acceptors (Lipinski definition) is 4. The number of aromatic nitrogens is 1. The molecular weight excluding hydrogens is 438 g/mol. The number of pyridine rings is 1. The van der Waals surface area contributed by atoms with E-state index in [9.17, 15) is 13.5 Å². The first-order valence-corrected chi connectivity index (χ1v) is 9.24. The molecule has 0 aliphatic rings. The van der Waals surface area contributed by atoms with Gasteiger partial charge in [-0.05, 0) is 39.7 Å². The van der Waals surface area contributed by atoms with Crippen molar-refractivity contribution in [2.24, 2.45) is 0 Å². The van der Waals surface area contributed by atoms with Crippen molar-refractivity contribution in [3.05, 3.63) is 49.5 Å². The van der Waals surface area contributed by atoms with Crippen LogP contribution in [-0.4, -0.2) is 18.5 Å². The summed E-state index contributed by atoms with van der Waals surface area (Å²) in [7, 11) is -3.83. The van der Waals surface area contributed by atoms with E-state index in [4.69, 9.17) is 34.8 Å². The van der Waals surface area contributed by atoms with Crippen molar-refractivity contribution in [3.8, 4) is 5.75 Å². The molecule has 118 valence electrons. The highest BCUT2D eigenvalue weighted by molar-refractivity contribution is 9.10. The Morgan fingerprint density at radius 1 is 1.14 bits per heavy atom. The van der Waals surface area contributed by atoms with Crippen molar-refractivity contribution in [2.75, 3.05) is 4.72 Å². The van der Waals surface area contributed by atoms with E-state index in [1.165, 1.54) is 24.3 Å². The Kier molecular flexibility index (Phi) is 5.45. The number of hydrogen-bond donors (Lipinski definition) is 2. The third-order valence-electron chi connectivity index (χ3n) is 2.44. The molecule has 0 bridgehead atoms. The van der Waals surface area contributed by atoms with Gasteiger partial charge in [0.1, 0.15) is 4.60 Å². The van der Waals surface area contributed by atoms with Gasteiger partial charge in [-0.1, -0.05) is 34.8 Å². The Morgan fingerprint density at radius 3 is 2.32 bits per heavy atom. The van der Waals surface area contributed by atoms with Gasteiger partial charge in [0.15, 0.2) is 11.6 Å². The largest absolute Gasteiger partial charge is 0.504 e. The molecule has 2 N–H and O–H groups in total. The van der Waals surface area contributed by atoms with Crippen LogP contribution < -0.4 is 4.72 Å². The Hall–Kier alpha value is -0.730. The number of anilines is 1. The first kappa shape index (κ1) is 17.6. The minimum Gasteiger partial charge on any atom is -0.504 e. The first-order valence-electron chi connectivity index (χ1n) is 5.67. The maximum Gasteiger partial charge on any atom is 0.238 e. The molecule has 1 aromatic carbocycles. The summed E-state index contributed by atoms with van der Waals surface area (Å²) < 4.78 is 26.7. The summed E-state index contributed by atoms with van der Waals surface area (Å²) in [5.41, 5.74) is 0.400. The lowest BCUT2D eigenvalue weighted by Crippen LogP contribution is -2.16. The minimum atomic E-state index is -3.83. The molecule has 0 saturated heterocycles. The molecule has 0 spiro atoms. The highest BCUT2D eigenvalue weighted by Gasteiger charge is 2.17. The van der Waals surface area contributed by atoms with E-state index in [1.807, 2.05) is 0 Å². The summed E-state index contributed by atoms with van der Waals surface area (Å²) in [6.07, 6.45) is 0. The fraction of sp³-hybridized carbons (Fsp3) is 0.0833. The van der Waals surface area contributed by atoms with Crippen LogP contribution in [0.2, 0.25) is 15.1 Å². The van der Waals surface area contributed by atoms with Gasteiger partial charge in [-0.25, -0.2) is 13.4 Å². The van der Waals surface area contributed by atoms with E-state index >= 15 is 0 Å². The average Bonchev–Trinajstić information content (AvgIpc) is 2.33. The van der Waals surface area contributed by atoms with Gasteiger partial charge in [0.25, 0.3) is 0 Å². The van der Waals surface area contributed by atoms with Gasteiger partial charge in [0, 0.05) is 16.1 Å². The summed E-state index contributed by atoms with van der Waals surface area (Å²) in [5.74, 6) is -1.00. The Morgan fingerprint density at radius 2 is 1.73 bits per heavy atom. The first-order chi connectivity index (χ1) is 10.2. The standard InChI is InChI=1S/C12H8BrCl3N2O3S/c13-11-9(16)4-10(19)12(17-11)18-22(20,21)5-6-1-7(14)3-8(15)2-6/h1-4,19H,5H2,(H,17,18). The molecule has 2 rings (SSSR count). The second-order valence-electron chi connectivity index (χ2n) is 4.27. The third kappa shape index (κ3) is 4.63. The van der Waals surface area contributed by atoms with Crippen molar-refractivity contribution < 1.29 is 13.5 Å². The van der Waals surface area contributed by atoms with E-state index in [0.29, 0.717) is 15.6 Å². The fourth-order valence-corrected chi connectivity index (χ4v) is 3.76. The number of nitrogens with one attached hydrogen (secondary N) is 1. The molecule has 0 atom stereocenters. The van der Waals surface area contributed by atoms with E-state index in [2.05, 4.69) is 25.6 Å². The van der Waals surface area contributed by atoms with Crippen LogP contribution in [0.4, 0.5) is 5.82 Å². The summed E-state index contributed by atoms with van der Waals surface area (Å²) in [6, 6.07) is 5.64. The SMILES string of the molecule is O=S(=O)(Cc1cc(Cl)cc(Cl)c1)Nc1nc(Br)c(Cl)cc1O. The number of rotatable bonds is 4. The van der Waals surface area contributed by atoms with Crippen LogP contribution in [0.5, 0.6) is 5.75 Å². The molecule has 0 unspecified atom stereocenters. The molecule has 0 aliphatic carbocycles. The van der Waals surface area contributed by atoms with Gasteiger partial charge < -0.3 is 5.11 Å². The molecule has 0 radical (unpaired) electrons. The molecule has 2 aromatic rings. The molecule has 22 heavy (non-hydrogen) atoms. The van der Waals surface area contributed by atoms with Crippen molar-refractivity contribution >= 4 is 66.6 Å². The van der Waals surface area contributed by atoms with Crippen LogP contribution in [-0.2, 0) is 15.8 Å². The van der Waals surface area contributed by atoms with Crippen molar-refractivity contribution in [1.29, 1.82) is 0 Å². The fourth-order valence-electron chi connectivity index (χ4n) is 1.63. The Balaban J connectivity index is 2.26. The van der Waals surface area contributed by atoms with Crippen LogP contribution in [0.1, 0.15) is 5.56 Å². The molecule has 10 heteroatoms. The molecule has 5 nitrogen and oxygen atoms in total. The molecule has 1 heterocycles. The molecule has 0 aliphatic heterocycles. The van der Waals surface area contributed by atoms with Gasteiger partial charge in [-0.3, -0.25) is 4.72 Å². The van der Waals surface area contributed by atoms with E-state index < -0.39 is 10.0 Å². The Bertz CT molecular complexity index is 810. The zero-order valence-corrected chi connectivity index (χ0v) is 15.3. The van der Waals surface area contributed by atoms with Crippen LogP contribution in [0.3, 0.4) is 0 Å². The lowest BCUT2D eigenvalue weighted by Gasteiger charge is -2.10. The normalized spacial score (nSPS) is 11.5. The monoisotopic (exact) mass is 444 g/mol. The maximum atomic E-state index is 12.1. The number of halogens is 4. The predicted molar refractivity (Wildman–Crippen MR) is 91.3 cm³/mol. The second kappa shape index (κ2) is 6.80. The van der Waals surface area contributed by atoms with Crippen molar-refractivity contribution in [2.45, 2.75) is 5.75 Å². The second-order valence-corrected chi connectivity index (χ2v) is 8.02. The Labute approximate surface area is 150 Å². The number of sulfonamides is 1. The smallest absolute Gasteiger partial charge is 0.238 e. The summed E-state index contributed by atoms with van der Waals surface area (Å²) in [6.45, 7) is 0. The average molecular weight is 447 g/mol. The zero-order chi connectivity index (χ0) is 16.5. The highest BCUT2D eigenvalue weighted by atomic mass is 79.9. The van der Waals surface area contributed by atoms with Gasteiger partial charge in [0.05, 0.1) is 10.8 Å². The summed E-state index contributed by atoms with van der Waals surface area (Å²) >= 11 is 20.5. The topological polar surface area (TPSA) is 79.3 Å². The van der Waals surface area contributed by atoms with Gasteiger partial charge in [-0.2, -0.15) is 0 Å². The predicted octanol–water partition coefficient (Wildman–Crippen LogP) is 4.45. The van der Waals surface area contributed by atoms with Crippen LogP contribution in [0.25, 0.3) is 0 Å². The van der Waals surface area contributed by atoms with Gasteiger partial charge in [-0.15, -0.1) is 0 Å². The van der Waals surface area contributed by atoms with Crippen molar-refractivity contribution in [3.63, 3.8) is 0 Å². The maximum absolute atomic E-state index is 12.1. The minimum absolute atomic E-state index is 0.155. The molecule has 0 fully saturated rings. The van der Waals surface area contributed by atoms with E-state index in [0.717, 1.165) is 0 Å². The summed E-state index contributed by atoms with van der Waals surface area (Å²) in [4.78, 5) is 3.83. The molecule has 1 aromatic heterocycles. The van der Waals surface area contributed by atoms with Gasteiger partial charge >= 0.3 is 0 Å². The molecule has 0 amide bonds. The lowest BCUT2D eigenvalue weighted by atomic mass is 10.2. The lowest BCUT2D eigenvalue weighted by molar-refractivity contribution is 0.475. The van der Waals surface area contributed by atoms with E-state index in [1.54, 1.807) is 0 Å². The molecular formula is C12H8BrCl3N2O3S. The zero-order valence-electron chi connectivity index (χ0n) is 10.6. The highest BCUT2D eigenvalue weighted by Crippen LogP contribution is 2.31. The van der Waals surface area contributed by atoms with Crippen LogP contribution >= 0.6 is 50.7 Å². The third-order valence-corrected chi connectivity index (χ3v) is 5.22. The van der Waals surface area contributed by atoms with Crippen LogP contribution in [0, 0.1) is 0 Å². The van der Waals surface area contributed by atoms with Crippen LogP contribution in [0.15, 0.2) is 28.9 Å². The number of aromatic hydroxyl groups is 1. The molecule has 0 saturated carbocycles. The number of nitrogens with zero attached hydrogens (tertiary/aromatic N) is 1. The van der Waals surface area contributed by atoms with Gasteiger partial charge in [0.2, 0.25) is 10.0 Å². The number of benzene rings is 1. The van der Waals surface area contributed by atoms with E-state index in [-0.39, 0.29) is 26.9 Å². The van der Waals surface area contributed by atoms with Crippen molar-refractivity contribution in [1.82, 2.24) is 4.98 Å².